The first-order valence-corrected chi connectivity index (χ1v) is 6.84. The SMILES string of the molecule is Nc1cncc2c1c(Br)nn2C1CCCCC1. The monoisotopic (exact) mass is 294 g/mol. The number of fused-ring (bicyclic) bond motifs is 1. The van der Waals surface area contributed by atoms with Gasteiger partial charge in [0.05, 0.1) is 35.0 Å². The van der Waals surface area contributed by atoms with Crippen molar-refractivity contribution in [2.75, 3.05) is 5.73 Å². The van der Waals surface area contributed by atoms with Crippen molar-refractivity contribution < 1.29 is 0 Å². The van der Waals surface area contributed by atoms with Crippen LogP contribution in [-0.2, 0) is 0 Å². The molecule has 0 unspecified atom stereocenters. The minimum absolute atomic E-state index is 0.501. The van der Waals surface area contributed by atoms with Gasteiger partial charge in [0.1, 0.15) is 4.60 Å². The molecule has 0 amide bonds. The van der Waals surface area contributed by atoms with Gasteiger partial charge in [-0.15, -0.1) is 0 Å². The molecule has 17 heavy (non-hydrogen) atoms. The standard InChI is InChI=1S/C12H15BrN4/c13-12-11-9(14)6-15-7-10(11)17(16-12)8-4-2-1-3-5-8/h6-8H,1-5,14H2. The Bertz CT molecular complexity index is 543. The maximum atomic E-state index is 5.95. The fourth-order valence-corrected chi connectivity index (χ4v) is 3.27. The lowest BCUT2D eigenvalue weighted by atomic mass is 9.95. The average molecular weight is 295 g/mol. The van der Waals surface area contributed by atoms with Crippen LogP contribution in [0.15, 0.2) is 17.0 Å². The molecule has 1 aliphatic rings. The Hall–Kier alpha value is -1.10. The quantitative estimate of drug-likeness (QED) is 0.878. The van der Waals surface area contributed by atoms with Gasteiger partial charge in [-0.1, -0.05) is 19.3 Å². The van der Waals surface area contributed by atoms with E-state index in [0.29, 0.717) is 11.7 Å². The van der Waals surface area contributed by atoms with Crippen molar-refractivity contribution in [1.82, 2.24) is 14.8 Å². The summed E-state index contributed by atoms with van der Waals surface area (Å²) in [5, 5.41) is 5.58. The topological polar surface area (TPSA) is 56.7 Å². The van der Waals surface area contributed by atoms with Crippen LogP contribution in [0.2, 0.25) is 0 Å². The summed E-state index contributed by atoms with van der Waals surface area (Å²) in [6, 6.07) is 0.501. The summed E-state index contributed by atoms with van der Waals surface area (Å²) in [6.07, 6.45) is 9.88. The van der Waals surface area contributed by atoms with Crippen LogP contribution in [-0.4, -0.2) is 14.8 Å². The molecular formula is C12H15BrN4. The van der Waals surface area contributed by atoms with Crippen molar-refractivity contribution in [3.05, 3.63) is 17.0 Å². The van der Waals surface area contributed by atoms with Crippen molar-refractivity contribution in [2.45, 2.75) is 38.1 Å². The zero-order chi connectivity index (χ0) is 11.8. The van der Waals surface area contributed by atoms with Gasteiger partial charge >= 0.3 is 0 Å². The Morgan fingerprint density at radius 2 is 2.00 bits per heavy atom. The van der Waals surface area contributed by atoms with E-state index in [4.69, 9.17) is 5.73 Å². The number of aromatic nitrogens is 3. The van der Waals surface area contributed by atoms with Crippen LogP contribution in [0, 0.1) is 0 Å². The summed E-state index contributed by atoms with van der Waals surface area (Å²) in [6.45, 7) is 0. The highest BCUT2D eigenvalue weighted by Gasteiger charge is 2.20. The van der Waals surface area contributed by atoms with E-state index in [1.54, 1.807) is 6.20 Å². The molecule has 90 valence electrons. The maximum absolute atomic E-state index is 5.95. The second kappa shape index (κ2) is 4.29. The van der Waals surface area contributed by atoms with Crippen molar-refractivity contribution in [3.63, 3.8) is 0 Å². The summed E-state index contributed by atoms with van der Waals surface area (Å²) in [5.41, 5.74) is 7.69. The van der Waals surface area contributed by atoms with E-state index in [1.165, 1.54) is 32.1 Å². The molecule has 1 saturated carbocycles. The first kappa shape index (κ1) is 11.0. The smallest absolute Gasteiger partial charge is 0.138 e. The molecule has 0 aliphatic heterocycles. The first-order chi connectivity index (χ1) is 8.27. The predicted octanol–water partition coefficient (Wildman–Crippen LogP) is 3.28. The molecule has 1 fully saturated rings. The zero-order valence-corrected chi connectivity index (χ0v) is 11.2. The van der Waals surface area contributed by atoms with Crippen LogP contribution in [0.5, 0.6) is 0 Å². The lowest BCUT2D eigenvalue weighted by molar-refractivity contribution is 0.336. The number of nitrogens with zero attached hydrogens (tertiary/aromatic N) is 3. The number of rotatable bonds is 1. The third-order valence-corrected chi connectivity index (χ3v) is 4.08. The fraction of sp³-hybridized carbons (Fsp3) is 0.500. The fourth-order valence-electron chi connectivity index (χ4n) is 2.67. The van der Waals surface area contributed by atoms with Crippen molar-refractivity contribution in [2.24, 2.45) is 0 Å². The molecule has 2 aromatic rings. The molecular weight excluding hydrogens is 280 g/mol. The van der Waals surface area contributed by atoms with Gasteiger partial charge in [-0.25, -0.2) is 0 Å². The highest BCUT2D eigenvalue weighted by molar-refractivity contribution is 9.10. The third kappa shape index (κ3) is 1.82. The largest absolute Gasteiger partial charge is 0.397 e. The van der Waals surface area contributed by atoms with E-state index in [2.05, 4.69) is 30.7 Å². The highest BCUT2D eigenvalue weighted by Crippen LogP contribution is 2.34. The Balaban J connectivity index is 2.13. The molecule has 2 aromatic heterocycles. The van der Waals surface area contributed by atoms with Gasteiger partial charge in [0, 0.05) is 0 Å². The van der Waals surface area contributed by atoms with Gasteiger partial charge < -0.3 is 5.73 Å². The average Bonchev–Trinajstić information content (AvgIpc) is 2.69. The number of pyridine rings is 1. The number of nitrogen functional groups attached to an aromatic ring is 1. The predicted molar refractivity (Wildman–Crippen MR) is 71.8 cm³/mol. The van der Waals surface area contributed by atoms with E-state index < -0.39 is 0 Å². The molecule has 0 atom stereocenters. The molecule has 5 heteroatoms. The maximum Gasteiger partial charge on any atom is 0.138 e. The molecule has 0 saturated heterocycles. The molecule has 0 aromatic carbocycles. The minimum Gasteiger partial charge on any atom is -0.397 e. The Labute approximate surface area is 108 Å². The van der Waals surface area contributed by atoms with E-state index in [1.807, 2.05) is 6.20 Å². The number of hydrogen-bond acceptors (Lipinski definition) is 3. The summed E-state index contributed by atoms with van der Waals surface area (Å²) >= 11 is 3.50. The van der Waals surface area contributed by atoms with Crippen LogP contribution in [0.25, 0.3) is 10.9 Å². The first-order valence-electron chi connectivity index (χ1n) is 6.04. The number of nitrogens with two attached hydrogens (primary N) is 1. The van der Waals surface area contributed by atoms with Gasteiger partial charge in [-0.2, -0.15) is 5.10 Å². The molecule has 1 aliphatic carbocycles. The number of hydrogen-bond donors (Lipinski definition) is 1. The third-order valence-electron chi connectivity index (χ3n) is 3.52. The Kier molecular flexibility index (Phi) is 2.78. The van der Waals surface area contributed by atoms with E-state index >= 15 is 0 Å². The number of anilines is 1. The molecule has 0 spiro atoms. The van der Waals surface area contributed by atoms with Gasteiger partial charge in [0.15, 0.2) is 0 Å². The highest BCUT2D eigenvalue weighted by atomic mass is 79.9. The lowest BCUT2D eigenvalue weighted by Crippen LogP contribution is -2.14. The summed E-state index contributed by atoms with van der Waals surface area (Å²) in [7, 11) is 0. The van der Waals surface area contributed by atoms with Crippen LogP contribution in [0.3, 0.4) is 0 Å². The molecule has 3 rings (SSSR count). The van der Waals surface area contributed by atoms with Gasteiger partial charge in [0.2, 0.25) is 0 Å². The van der Waals surface area contributed by atoms with Crippen molar-refractivity contribution in [1.29, 1.82) is 0 Å². The number of halogens is 1. The van der Waals surface area contributed by atoms with Crippen LogP contribution >= 0.6 is 15.9 Å². The second-order valence-electron chi connectivity index (χ2n) is 4.65. The van der Waals surface area contributed by atoms with E-state index in [-0.39, 0.29) is 0 Å². The second-order valence-corrected chi connectivity index (χ2v) is 5.40. The molecule has 0 radical (unpaired) electrons. The Morgan fingerprint density at radius 1 is 1.24 bits per heavy atom. The summed E-state index contributed by atoms with van der Waals surface area (Å²) in [5.74, 6) is 0. The molecule has 4 nitrogen and oxygen atoms in total. The molecule has 0 bridgehead atoms. The molecule has 2 heterocycles. The van der Waals surface area contributed by atoms with Crippen molar-refractivity contribution in [3.8, 4) is 0 Å². The van der Waals surface area contributed by atoms with Crippen LogP contribution in [0.1, 0.15) is 38.1 Å². The van der Waals surface area contributed by atoms with Gasteiger partial charge in [-0.05, 0) is 28.8 Å². The minimum atomic E-state index is 0.501. The summed E-state index contributed by atoms with van der Waals surface area (Å²) < 4.78 is 2.93. The van der Waals surface area contributed by atoms with E-state index in [9.17, 15) is 0 Å². The normalized spacial score (nSPS) is 17.7. The molecule has 2 N–H and O–H groups in total. The summed E-state index contributed by atoms with van der Waals surface area (Å²) in [4.78, 5) is 4.17. The van der Waals surface area contributed by atoms with Gasteiger partial charge in [-0.3, -0.25) is 9.67 Å². The lowest BCUT2D eigenvalue weighted by Gasteiger charge is -2.22. The van der Waals surface area contributed by atoms with Crippen LogP contribution in [0.4, 0.5) is 5.69 Å². The Morgan fingerprint density at radius 3 is 2.76 bits per heavy atom. The zero-order valence-electron chi connectivity index (χ0n) is 9.56. The van der Waals surface area contributed by atoms with Gasteiger partial charge in [0.25, 0.3) is 0 Å². The van der Waals surface area contributed by atoms with Crippen molar-refractivity contribution >= 4 is 32.5 Å². The van der Waals surface area contributed by atoms with E-state index in [0.717, 1.165) is 15.5 Å². The van der Waals surface area contributed by atoms with Crippen LogP contribution < -0.4 is 5.73 Å².